The van der Waals surface area contributed by atoms with Crippen molar-refractivity contribution in [1.82, 2.24) is 10.3 Å². The van der Waals surface area contributed by atoms with E-state index in [1.807, 2.05) is 6.92 Å². The third-order valence-electron chi connectivity index (χ3n) is 2.19. The second kappa shape index (κ2) is 5.86. The van der Waals surface area contributed by atoms with E-state index in [1.165, 1.54) is 18.0 Å². The number of nitrogens with zero attached hydrogens (tertiary/aromatic N) is 1. The molecule has 0 bridgehead atoms. The topological polar surface area (TPSA) is 79.3 Å². The van der Waals surface area contributed by atoms with Crippen LogP contribution in [0.15, 0.2) is 23.2 Å². The van der Waals surface area contributed by atoms with Gasteiger partial charge in [0.1, 0.15) is 10.4 Å². The van der Waals surface area contributed by atoms with E-state index < -0.39 is 10.7 Å². The Morgan fingerprint density at radius 3 is 2.72 bits per heavy atom. The number of nitrogens with one attached hydrogen (secondary N) is 1. The molecule has 0 aliphatic heterocycles. The first-order valence-corrected chi connectivity index (χ1v) is 6.35. The molecule has 0 spiro atoms. The van der Waals surface area contributed by atoms with Gasteiger partial charge in [-0.15, -0.1) is 11.8 Å². The lowest BCUT2D eigenvalue weighted by atomic mass is 10.2. The maximum atomic E-state index is 11.6. The number of thioether (sulfide) groups is 1. The number of carbonyl (C=O) groups excluding carboxylic acids is 1. The molecule has 0 atom stereocenters. The van der Waals surface area contributed by atoms with E-state index in [4.69, 9.17) is 5.11 Å². The average molecular weight is 268 g/mol. The largest absolute Gasteiger partial charge is 0.480 e. The molecule has 1 aromatic rings. The van der Waals surface area contributed by atoms with Crippen molar-refractivity contribution in [3.63, 3.8) is 0 Å². The number of hydrogen-bond donors (Lipinski definition) is 2. The quantitative estimate of drug-likeness (QED) is 0.796. The molecule has 2 N–H and O–H groups in total. The molecule has 0 saturated heterocycles. The van der Waals surface area contributed by atoms with Crippen LogP contribution in [0.25, 0.3) is 0 Å². The Bertz CT molecular complexity index is 460. The Morgan fingerprint density at radius 1 is 1.50 bits per heavy atom. The second-order valence-corrected chi connectivity index (χ2v) is 5.85. The van der Waals surface area contributed by atoms with E-state index in [0.717, 1.165) is 0 Å². The third-order valence-corrected chi connectivity index (χ3v) is 3.36. The van der Waals surface area contributed by atoms with Crippen LogP contribution in [-0.4, -0.2) is 33.3 Å². The maximum Gasteiger partial charge on any atom is 0.319 e. The van der Waals surface area contributed by atoms with Crippen LogP contribution in [0.2, 0.25) is 0 Å². The standard InChI is InChI=1S/C12H16N2O3S/c1-4-13-10(15)9-7-8(5-6-14-9)18-12(2,3)11(16)17/h5-7H,4H2,1-3H3,(H,13,15)(H,16,17). The summed E-state index contributed by atoms with van der Waals surface area (Å²) in [5.74, 6) is -1.16. The van der Waals surface area contributed by atoms with Gasteiger partial charge < -0.3 is 10.4 Å². The van der Waals surface area contributed by atoms with Gasteiger partial charge in [-0.2, -0.15) is 0 Å². The van der Waals surface area contributed by atoms with Crippen LogP contribution in [0.4, 0.5) is 0 Å². The molecule has 0 radical (unpaired) electrons. The van der Waals surface area contributed by atoms with Gasteiger partial charge in [-0.25, -0.2) is 0 Å². The molecule has 0 aliphatic carbocycles. The maximum absolute atomic E-state index is 11.6. The zero-order valence-corrected chi connectivity index (χ0v) is 11.4. The summed E-state index contributed by atoms with van der Waals surface area (Å²) in [5, 5.41) is 11.7. The average Bonchev–Trinajstić information content (AvgIpc) is 2.29. The van der Waals surface area contributed by atoms with Crippen LogP contribution in [0, 0.1) is 0 Å². The number of aliphatic carboxylic acids is 1. The summed E-state index contributed by atoms with van der Waals surface area (Å²) >= 11 is 1.18. The summed E-state index contributed by atoms with van der Waals surface area (Å²) in [7, 11) is 0. The van der Waals surface area contributed by atoms with Gasteiger partial charge in [0.25, 0.3) is 5.91 Å². The highest BCUT2D eigenvalue weighted by Gasteiger charge is 2.28. The van der Waals surface area contributed by atoms with Gasteiger partial charge in [0, 0.05) is 17.6 Å². The molecule has 5 nitrogen and oxygen atoms in total. The minimum Gasteiger partial charge on any atom is -0.480 e. The van der Waals surface area contributed by atoms with Crippen LogP contribution in [0.5, 0.6) is 0 Å². The van der Waals surface area contributed by atoms with E-state index >= 15 is 0 Å². The number of carboxylic acids is 1. The van der Waals surface area contributed by atoms with Crippen LogP contribution >= 0.6 is 11.8 Å². The fourth-order valence-corrected chi connectivity index (χ4v) is 2.16. The highest BCUT2D eigenvalue weighted by atomic mass is 32.2. The summed E-state index contributed by atoms with van der Waals surface area (Å²) in [6.45, 7) is 5.58. The number of rotatable bonds is 5. The van der Waals surface area contributed by atoms with Crippen molar-refractivity contribution in [1.29, 1.82) is 0 Å². The molecular weight excluding hydrogens is 252 g/mol. The molecule has 18 heavy (non-hydrogen) atoms. The first-order chi connectivity index (χ1) is 8.36. The number of aromatic nitrogens is 1. The molecule has 1 aromatic heterocycles. The van der Waals surface area contributed by atoms with Crippen LogP contribution in [0.1, 0.15) is 31.3 Å². The van der Waals surface area contributed by atoms with Crippen LogP contribution < -0.4 is 5.32 Å². The molecule has 1 rings (SSSR count). The molecule has 0 saturated carbocycles. The number of amides is 1. The second-order valence-electron chi connectivity index (χ2n) is 4.15. The Morgan fingerprint density at radius 2 is 2.17 bits per heavy atom. The summed E-state index contributed by atoms with van der Waals surface area (Å²) in [6, 6.07) is 3.29. The summed E-state index contributed by atoms with van der Waals surface area (Å²) < 4.78 is -0.945. The number of pyridine rings is 1. The highest BCUT2D eigenvalue weighted by molar-refractivity contribution is 8.01. The first kappa shape index (κ1) is 14.5. The Labute approximate surface area is 110 Å². The molecule has 0 fully saturated rings. The minimum atomic E-state index is -0.945. The zero-order chi connectivity index (χ0) is 13.8. The molecule has 0 aromatic carbocycles. The molecule has 6 heteroatoms. The van der Waals surface area contributed by atoms with Gasteiger partial charge in [-0.1, -0.05) is 0 Å². The number of carbonyl (C=O) groups is 2. The van der Waals surface area contributed by atoms with Gasteiger partial charge in [0.15, 0.2) is 0 Å². The Hall–Kier alpha value is -1.56. The molecule has 0 aliphatic rings. The molecule has 1 amide bonds. The van der Waals surface area contributed by atoms with E-state index in [1.54, 1.807) is 26.0 Å². The molecule has 0 unspecified atom stereocenters. The highest BCUT2D eigenvalue weighted by Crippen LogP contribution is 2.32. The van der Waals surface area contributed by atoms with Crippen molar-refractivity contribution < 1.29 is 14.7 Å². The molecule has 1 heterocycles. The van der Waals surface area contributed by atoms with Crippen molar-refractivity contribution in [3.8, 4) is 0 Å². The van der Waals surface area contributed by atoms with Gasteiger partial charge >= 0.3 is 5.97 Å². The Balaban J connectivity index is 2.89. The van der Waals surface area contributed by atoms with Crippen molar-refractivity contribution in [2.45, 2.75) is 30.4 Å². The van der Waals surface area contributed by atoms with Crippen LogP contribution in [0.3, 0.4) is 0 Å². The lowest BCUT2D eigenvalue weighted by Crippen LogP contribution is -2.27. The normalized spacial score (nSPS) is 11.1. The Kier molecular flexibility index (Phi) is 4.72. The third kappa shape index (κ3) is 3.73. The van der Waals surface area contributed by atoms with Gasteiger partial charge in [-0.05, 0) is 32.9 Å². The van der Waals surface area contributed by atoms with Crippen molar-refractivity contribution >= 4 is 23.6 Å². The summed E-state index contributed by atoms with van der Waals surface area (Å²) in [6.07, 6.45) is 1.50. The van der Waals surface area contributed by atoms with E-state index in [2.05, 4.69) is 10.3 Å². The van der Waals surface area contributed by atoms with E-state index in [9.17, 15) is 9.59 Å². The zero-order valence-electron chi connectivity index (χ0n) is 10.6. The summed E-state index contributed by atoms with van der Waals surface area (Å²) in [5.41, 5.74) is 0.294. The van der Waals surface area contributed by atoms with Gasteiger partial charge in [-0.3, -0.25) is 14.6 Å². The van der Waals surface area contributed by atoms with E-state index in [0.29, 0.717) is 17.1 Å². The van der Waals surface area contributed by atoms with Crippen molar-refractivity contribution in [2.75, 3.05) is 6.54 Å². The first-order valence-electron chi connectivity index (χ1n) is 5.53. The van der Waals surface area contributed by atoms with Crippen molar-refractivity contribution in [3.05, 3.63) is 24.0 Å². The molecular formula is C12H16N2O3S. The van der Waals surface area contributed by atoms with Gasteiger partial charge in [0.05, 0.1) is 0 Å². The smallest absolute Gasteiger partial charge is 0.319 e. The number of carboxylic acid groups (broad SMARTS) is 1. The van der Waals surface area contributed by atoms with Crippen LogP contribution in [-0.2, 0) is 4.79 Å². The minimum absolute atomic E-state index is 0.256. The molecule has 98 valence electrons. The fourth-order valence-electron chi connectivity index (χ4n) is 1.19. The fraction of sp³-hybridized carbons (Fsp3) is 0.417. The monoisotopic (exact) mass is 268 g/mol. The predicted molar refractivity (Wildman–Crippen MR) is 69.8 cm³/mol. The SMILES string of the molecule is CCNC(=O)c1cc(SC(C)(C)C(=O)O)ccn1. The van der Waals surface area contributed by atoms with E-state index in [-0.39, 0.29) is 5.91 Å². The van der Waals surface area contributed by atoms with Crippen molar-refractivity contribution in [2.24, 2.45) is 0 Å². The lowest BCUT2D eigenvalue weighted by molar-refractivity contribution is -0.138. The summed E-state index contributed by atoms with van der Waals surface area (Å²) in [4.78, 5) is 27.3. The van der Waals surface area contributed by atoms with Gasteiger partial charge in [0.2, 0.25) is 0 Å². The lowest BCUT2D eigenvalue weighted by Gasteiger charge is -2.18. The number of hydrogen-bond acceptors (Lipinski definition) is 4. The predicted octanol–water partition coefficient (Wildman–Crippen LogP) is 1.79.